The quantitative estimate of drug-likeness (QED) is 0.755. The van der Waals surface area contributed by atoms with Gasteiger partial charge in [0.25, 0.3) is 0 Å². The fourth-order valence-electron chi connectivity index (χ4n) is 1.22. The highest BCUT2D eigenvalue weighted by atomic mass is 16.4. The molecule has 0 fully saturated rings. The van der Waals surface area contributed by atoms with Crippen molar-refractivity contribution in [2.75, 3.05) is 0 Å². The molecule has 76 valence electrons. The van der Waals surface area contributed by atoms with Crippen LogP contribution in [0.5, 0.6) is 0 Å². The van der Waals surface area contributed by atoms with Gasteiger partial charge in [0.15, 0.2) is 17.2 Å². The Morgan fingerprint density at radius 3 is 2.73 bits per heavy atom. The van der Waals surface area contributed by atoms with Gasteiger partial charge in [-0.1, -0.05) is 0 Å². The van der Waals surface area contributed by atoms with Crippen LogP contribution >= 0.6 is 0 Å². The molecule has 1 N–H and O–H groups in total. The van der Waals surface area contributed by atoms with Crippen molar-refractivity contribution in [2.45, 2.75) is 6.92 Å². The number of furan rings is 1. The van der Waals surface area contributed by atoms with Gasteiger partial charge < -0.3 is 9.52 Å². The highest BCUT2D eigenvalue weighted by molar-refractivity contribution is 5.97. The van der Waals surface area contributed by atoms with Crippen molar-refractivity contribution in [3.05, 3.63) is 29.8 Å². The second-order valence-electron chi connectivity index (χ2n) is 3.08. The molecular formula is C10H7NO4. The standard InChI is InChI=1S/C10H7NO4/c1-5(12)8-2-6-4-11-7(10(13)14)3-9(6)15-8/h2-4H,1H3,(H,13,14). The van der Waals surface area contributed by atoms with E-state index in [4.69, 9.17) is 9.52 Å². The van der Waals surface area contributed by atoms with Crippen LogP contribution in [0.25, 0.3) is 11.0 Å². The second kappa shape index (κ2) is 3.20. The van der Waals surface area contributed by atoms with E-state index in [9.17, 15) is 9.59 Å². The number of pyridine rings is 1. The van der Waals surface area contributed by atoms with Crippen molar-refractivity contribution in [1.82, 2.24) is 4.98 Å². The zero-order valence-electron chi connectivity index (χ0n) is 7.85. The molecule has 0 bridgehead atoms. The van der Waals surface area contributed by atoms with E-state index in [1.54, 1.807) is 0 Å². The Labute approximate surface area is 84.3 Å². The van der Waals surface area contributed by atoms with Gasteiger partial charge in [-0.2, -0.15) is 0 Å². The monoisotopic (exact) mass is 205 g/mol. The molecule has 0 unspecified atom stereocenters. The minimum atomic E-state index is -1.13. The van der Waals surface area contributed by atoms with Crippen molar-refractivity contribution >= 4 is 22.7 Å². The summed E-state index contributed by atoms with van der Waals surface area (Å²) < 4.78 is 5.17. The first-order chi connectivity index (χ1) is 7.08. The van der Waals surface area contributed by atoms with Gasteiger partial charge in [0.05, 0.1) is 0 Å². The maximum Gasteiger partial charge on any atom is 0.354 e. The number of nitrogens with zero attached hydrogens (tertiary/aromatic N) is 1. The molecule has 0 aliphatic heterocycles. The summed E-state index contributed by atoms with van der Waals surface area (Å²) in [5.74, 6) is -1.13. The van der Waals surface area contributed by atoms with E-state index < -0.39 is 5.97 Å². The van der Waals surface area contributed by atoms with E-state index in [0.717, 1.165) is 0 Å². The van der Waals surface area contributed by atoms with Crippen molar-refractivity contribution < 1.29 is 19.1 Å². The fourth-order valence-corrected chi connectivity index (χ4v) is 1.22. The number of carboxylic acid groups (broad SMARTS) is 1. The zero-order valence-corrected chi connectivity index (χ0v) is 7.85. The molecule has 0 amide bonds. The highest BCUT2D eigenvalue weighted by Gasteiger charge is 2.11. The van der Waals surface area contributed by atoms with E-state index in [2.05, 4.69) is 4.98 Å². The molecule has 2 aromatic rings. The van der Waals surface area contributed by atoms with Crippen LogP contribution in [0.15, 0.2) is 22.7 Å². The van der Waals surface area contributed by atoms with Crippen LogP contribution < -0.4 is 0 Å². The summed E-state index contributed by atoms with van der Waals surface area (Å²) in [5.41, 5.74) is 0.250. The predicted octanol–water partition coefficient (Wildman–Crippen LogP) is 1.73. The molecule has 5 heteroatoms. The number of carbonyl (C=O) groups is 2. The molecule has 2 rings (SSSR count). The third kappa shape index (κ3) is 1.59. The third-order valence-corrected chi connectivity index (χ3v) is 1.97. The number of Topliss-reactive ketones (excluding diaryl/α,β-unsaturated/α-hetero) is 1. The topological polar surface area (TPSA) is 80.4 Å². The molecule has 0 spiro atoms. The first-order valence-electron chi connectivity index (χ1n) is 4.22. The minimum Gasteiger partial charge on any atom is -0.477 e. The summed E-state index contributed by atoms with van der Waals surface area (Å²) in [6, 6.07) is 2.83. The largest absolute Gasteiger partial charge is 0.477 e. The molecule has 0 aliphatic rings. The lowest BCUT2D eigenvalue weighted by atomic mass is 10.2. The predicted molar refractivity (Wildman–Crippen MR) is 51.0 cm³/mol. The zero-order chi connectivity index (χ0) is 11.0. The Morgan fingerprint density at radius 2 is 2.13 bits per heavy atom. The average molecular weight is 205 g/mol. The summed E-state index contributed by atoms with van der Waals surface area (Å²) in [6.07, 6.45) is 1.37. The number of fused-ring (bicyclic) bond motifs is 1. The van der Waals surface area contributed by atoms with Crippen LogP contribution in [0.4, 0.5) is 0 Å². The van der Waals surface area contributed by atoms with Crippen LogP contribution in [0.2, 0.25) is 0 Å². The van der Waals surface area contributed by atoms with Crippen LogP contribution in [0.3, 0.4) is 0 Å². The van der Waals surface area contributed by atoms with E-state index in [1.807, 2.05) is 0 Å². The number of aromatic carboxylic acids is 1. The molecule has 0 saturated heterocycles. The summed E-state index contributed by atoms with van der Waals surface area (Å²) >= 11 is 0. The molecule has 0 atom stereocenters. The lowest BCUT2D eigenvalue weighted by Crippen LogP contribution is -1.98. The normalized spacial score (nSPS) is 10.5. The molecule has 5 nitrogen and oxygen atoms in total. The molecule has 2 aromatic heterocycles. The van der Waals surface area contributed by atoms with Crippen molar-refractivity contribution in [2.24, 2.45) is 0 Å². The van der Waals surface area contributed by atoms with Gasteiger partial charge in [-0.05, 0) is 6.07 Å². The van der Waals surface area contributed by atoms with Crippen molar-refractivity contribution in [3.8, 4) is 0 Å². The molecule has 0 saturated carbocycles. The third-order valence-electron chi connectivity index (χ3n) is 1.97. The van der Waals surface area contributed by atoms with E-state index >= 15 is 0 Å². The molecule has 0 aromatic carbocycles. The Hall–Kier alpha value is -2.17. The number of hydrogen-bond acceptors (Lipinski definition) is 4. The number of carbonyl (C=O) groups excluding carboxylic acids is 1. The SMILES string of the molecule is CC(=O)c1cc2cnc(C(=O)O)cc2o1. The first-order valence-corrected chi connectivity index (χ1v) is 4.22. The van der Waals surface area contributed by atoms with Crippen molar-refractivity contribution in [3.63, 3.8) is 0 Å². The fraction of sp³-hybridized carbons (Fsp3) is 0.100. The Kier molecular flexibility index (Phi) is 2.00. The van der Waals surface area contributed by atoms with E-state index in [0.29, 0.717) is 11.0 Å². The smallest absolute Gasteiger partial charge is 0.354 e. The lowest BCUT2D eigenvalue weighted by Gasteiger charge is -1.91. The molecule has 15 heavy (non-hydrogen) atoms. The van der Waals surface area contributed by atoms with Crippen LogP contribution in [-0.2, 0) is 0 Å². The number of carboxylic acids is 1. The van der Waals surface area contributed by atoms with Crippen LogP contribution in [0, 0.1) is 0 Å². The van der Waals surface area contributed by atoms with Crippen LogP contribution in [-0.4, -0.2) is 21.8 Å². The molecular weight excluding hydrogens is 198 g/mol. The maximum atomic E-state index is 11.0. The van der Waals surface area contributed by atoms with Gasteiger partial charge in [-0.3, -0.25) is 4.79 Å². The average Bonchev–Trinajstić information content (AvgIpc) is 2.59. The number of rotatable bonds is 2. The Bertz CT molecular complexity index is 544. The van der Waals surface area contributed by atoms with Gasteiger partial charge >= 0.3 is 5.97 Å². The highest BCUT2D eigenvalue weighted by Crippen LogP contribution is 2.19. The lowest BCUT2D eigenvalue weighted by molar-refractivity contribution is 0.0690. The van der Waals surface area contributed by atoms with Gasteiger partial charge in [-0.15, -0.1) is 0 Å². The number of aromatic nitrogens is 1. The van der Waals surface area contributed by atoms with Crippen molar-refractivity contribution in [1.29, 1.82) is 0 Å². The van der Waals surface area contributed by atoms with E-state index in [1.165, 1.54) is 25.3 Å². The first kappa shape index (κ1) is 9.39. The number of ketones is 1. The molecule has 0 radical (unpaired) electrons. The number of hydrogen-bond donors (Lipinski definition) is 1. The molecule has 2 heterocycles. The summed E-state index contributed by atoms with van der Waals surface area (Å²) in [5, 5.41) is 9.31. The van der Waals surface area contributed by atoms with Gasteiger partial charge in [0.1, 0.15) is 5.58 Å². The van der Waals surface area contributed by atoms with Gasteiger partial charge in [-0.25, -0.2) is 9.78 Å². The van der Waals surface area contributed by atoms with E-state index in [-0.39, 0.29) is 17.2 Å². The van der Waals surface area contributed by atoms with Gasteiger partial charge in [0, 0.05) is 24.6 Å². The maximum absolute atomic E-state index is 11.0. The Morgan fingerprint density at radius 1 is 1.40 bits per heavy atom. The van der Waals surface area contributed by atoms with Crippen LogP contribution in [0.1, 0.15) is 28.0 Å². The molecule has 0 aliphatic carbocycles. The minimum absolute atomic E-state index is 0.105. The summed E-state index contributed by atoms with van der Waals surface area (Å²) in [6.45, 7) is 1.38. The Balaban J connectivity index is 2.62. The summed E-state index contributed by atoms with van der Waals surface area (Å²) in [4.78, 5) is 25.3. The summed E-state index contributed by atoms with van der Waals surface area (Å²) in [7, 11) is 0. The van der Waals surface area contributed by atoms with Gasteiger partial charge in [0.2, 0.25) is 0 Å². The second-order valence-corrected chi connectivity index (χ2v) is 3.08.